The van der Waals surface area contributed by atoms with E-state index in [9.17, 15) is 0 Å². The second-order valence-electron chi connectivity index (χ2n) is 2.44. The van der Waals surface area contributed by atoms with Crippen molar-refractivity contribution in [2.24, 2.45) is 5.73 Å². The van der Waals surface area contributed by atoms with E-state index in [1.165, 1.54) is 0 Å². The van der Waals surface area contributed by atoms with Gasteiger partial charge in [0, 0.05) is 6.04 Å². The Hall–Kier alpha value is 0.230. The van der Waals surface area contributed by atoms with Crippen molar-refractivity contribution < 1.29 is 9.84 Å². The second-order valence-corrected chi connectivity index (χ2v) is 3.42. The highest BCUT2D eigenvalue weighted by molar-refractivity contribution is 7.98. The number of nitrogens with two attached hydrogens (primary N) is 1. The molecule has 3 N–H and O–H groups in total. The number of thioether (sulfide) groups is 1. The van der Waals surface area contributed by atoms with E-state index in [1.54, 1.807) is 11.8 Å². The van der Waals surface area contributed by atoms with Crippen LogP contribution in [0.1, 0.15) is 6.42 Å². The Bertz CT molecular complexity index is 112. The van der Waals surface area contributed by atoms with Crippen molar-refractivity contribution in [3.63, 3.8) is 0 Å². The maximum absolute atomic E-state index is 8.79. The molecule has 1 heterocycles. The average Bonchev–Trinajstić information content (AvgIpc) is 2.62. The lowest BCUT2D eigenvalue weighted by atomic mass is 10.2. The van der Waals surface area contributed by atoms with Gasteiger partial charge in [0.1, 0.15) is 6.10 Å². The van der Waals surface area contributed by atoms with Crippen molar-refractivity contribution in [1.82, 2.24) is 0 Å². The standard InChI is InChI=1S/C6H13NO2S/c1-10-3-2-4(7)5-6(8)9-5/h4-6,8H,2-3,7H2,1H3. The molecule has 1 aliphatic rings. The molecule has 4 heteroatoms. The van der Waals surface area contributed by atoms with E-state index in [4.69, 9.17) is 15.6 Å². The largest absolute Gasteiger partial charge is 0.366 e. The van der Waals surface area contributed by atoms with Gasteiger partial charge in [-0.05, 0) is 18.4 Å². The van der Waals surface area contributed by atoms with Gasteiger partial charge in [0.2, 0.25) is 0 Å². The van der Waals surface area contributed by atoms with Crippen LogP contribution in [0.4, 0.5) is 0 Å². The fourth-order valence-electron chi connectivity index (χ4n) is 0.846. The molecule has 0 bridgehead atoms. The molecule has 0 aromatic rings. The number of epoxide rings is 1. The third-order valence-corrected chi connectivity index (χ3v) is 2.22. The first-order chi connectivity index (χ1) is 4.75. The van der Waals surface area contributed by atoms with Crippen molar-refractivity contribution in [3.8, 4) is 0 Å². The van der Waals surface area contributed by atoms with Crippen LogP contribution in [0, 0.1) is 0 Å². The van der Waals surface area contributed by atoms with Crippen molar-refractivity contribution in [3.05, 3.63) is 0 Å². The first kappa shape index (κ1) is 8.33. The third kappa shape index (κ3) is 2.12. The first-order valence-electron chi connectivity index (χ1n) is 3.33. The minimum Gasteiger partial charge on any atom is -0.366 e. The Morgan fingerprint density at radius 2 is 2.40 bits per heavy atom. The van der Waals surface area contributed by atoms with E-state index in [0.29, 0.717) is 0 Å². The van der Waals surface area contributed by atoms with E-state index >= 15 is 0 Å². The predicted molar refractivity (Wildman–Crippen MR) is 41.9 cm³/mol. The molecule has 60 valence electrons. The minimum atomic E-state index is -0.586. The first-order valence-corrected chi connectivity index (χ1v) is 4.73. The highest BCUT2D eigenvalue weighted by Crippen LogP contribution is 2.23. The summed E-state index contributed by atoms with van der Waals surface area (Å²) in [6.07, 6.45) is 2.28. The SMILES string of the molecule is CSCCC(N)C1OC1O. The minimum absolute atomic E-state index is 0.0162. The zero-order valence-corrected chi connectivity index (χ0v) is 6.80. The summed E-state index contributed by atoms with van der Waals surface area (Å²) in [6.45, 7) is 0. The Balaban J connectivity index is 2.04. The lowest BCUT2D eigenvalue weighted by Gasteiger charge is -2.04. The molecule has 1 rings (SSSR count). The Kier molecular flexibility index (Phi) is 2.97. The number of ether oxygens (including phenoxy) is 1. The van der Waals surface area contributed by atoms with Crippen LogP contribution in [0.2, 0.25) is 0 Å². The normalized spacial score (nSPS) is 33.9. The second kappa shape index (κ2) is 3.57. The van der Waals surface area contributed by atoms with Crippen LogP contribution in [-0.2, 0) is 4.74 Å². The topological polar surface area (TPSA) is 58.8 Å². The molecular weight excluding hydrogens is 150 g/mol. The molecule has 3 nitrogen and oxygen atoms in total. The zero-order valence-electron chi connectivity index (χ0n) is 5.99. The fourth-order valence-corrected chi connectivity index (χ4v) is 1.35. The van der Waals surface area contributed by atoms with Gasteiger partial charge in [0.25, 0.3) is 0 Å². The van der Waals surface area contributed by atoms with Gasteiger partial charge in [-0.3, -0.25) is 0 Å². The molecule has 0 aromatic heterocycles. The van der Waals surface area contributed by atoms with Crippen LogP contribution >= 0.6 is 11.8 Å². The molecule has 0 spiro atoms. The lowest BCUT2D eigenvalue weighted by molar-refractivity contribution is 0.155. The average molecular weight is 163 g/mol. The highest BCUT2D eigenvalue weighted by Gasteiger charge is 2.41. The summed E-state index contributed by atoms with van der Waals surface area (Å²) in [5.74, 6) is 1.04. The van der Waals surface area contributed by atoms with E-state index in [-0.39, 0.29) is 12.1 Å². The van der Waals surface area contributed by atoms with E-state index < -0.39 is 6.29 Å². The van der Waals surface area contributed by atoms with Gasteiger partial charge >= 0.3 is 0 Å². The molecule has 1 saturated heterocycles. The summed E-state index contributed by atoms with van der Waals surface area (Å²) in [5.41, 5.74) is 5.66. The monoisotopic (exact) mass is 163 g/mol. The summed E-state index contributed by atoms with van der Waals surface area (Å²) >= 11 is 1.76. The molecule has 3 atom stereocenters. The maximum atomic E-state index is 8.79. The number of aliphatic hydroxyl groups is 1. The van der Waals surface area contributed by atoms with Gasteiger partial charge in [-0.25, -0.2) is 0 Å². The summed E-state index contributed by atoms with van der Waals surface area (Å²) in [4.78, 5) is 0. The molecule has 3 unspecified atom stereocenters. The molecule has 1 aliphatic heterocycles. The van der Waals surface area contributed by atoms with Gasteiger partial charge in [0.05, 0.1) is 0 Å². The van der Waals surface area contributed by atoms with Crippen molar-refractivity contribution in [1.29, 1.82) is 0 Å². The van der Waals surface area contributed by atoms with Crippen LogP contribution < -0.4 is 5.73 Å². The molecule has 0 radical (unpaired) electrons. The van der Waals surface area contributed by atoms with Crippen LogP contribution in [0.25, 0.3) is 0 Å². The summed E-state index contributed by atoms with van der Waals surface area (Å²) in [5, 5.41) is 8.79. The van der Waals surface area contributed by atoms with Crippen LogP contribution in [0.15, 0.2) is 0 Å². The number of aliphatic hydroxyl groups excluding tert-OH is 1. The molecule has 1 fully saturated rings. The fraction of sp³-hybridized carbons (Fsp3) is 1.00. The van der Waals surface area contributed by atoms with Crippen molar-refractivity contribution >= 4 is 11.8 Å². The number of rotatable bonds is 4. The molecule has 0 amide bonds. The number of hydrogen-bond acceptors (Lipinski definition) is 4. The summed E-state index contributed by atoms with van der Waals surface area (Å²) < 4.78 is 4.80. The van der Waals surface area contributed by atoms with Crippen LogP contribution in [0.5, 0.6) is 0 Å². The number of hydrogen-bond donors (Lipinski definition) is 2. The van der Waals surface area contributed by atoms with E-state index in [2.05, 4.69) is 0 Å². The molecule has 0 aromatic carbocycles. The summed E-state index contributed by atoms with van der Waals surface area (Å²) in [7, 11) is 0. The quantitative estimate of drug-likeness (QED) is 0.563. The Morgan fingerprint density at radius 3 is 2.80 bits per heavy atom. The smallest absolute Gasteiger partial charge is 0.183 e. The molecule has 10 heavy (non-hydrogen) atoms. The lowest BCUT2D eigenvalue weighted by Crippen LogP contribution is -2.28. The predicted octanol–water partition coefficient (Wildman–Crippen LogP) is -0.216. The van der Waals surface area contributed by atoms with Gasteiger partial charge in [0.15, 0.2) is 6.29 Å². The zero-order chi connectivity index (χ0) is 7.56. The highest BCUT2D eigenvalue weighted by atomic mass is 32.2. The van der Waals surface area contributed by atoms with E-state index in [1.807, 2.05) is 6.26 Å². The van der Waals surface area contributed by atoms with Gasteiger partial charge < -0.3 is 15.6 Å². The van der Waals surface area contributed by atoms with E-state index in [0.717, 1.165) is 12.2 Å². The van der Waals surface area contributed by atoms with Gasteiger partial charge in [-0.1, -0.05) is 0 Å². The van der Waals surface area contributed by atoms with Crippen molar-refractivity contribution in [2.45, 2.75) is 24.9 Å². The summed E-state index contributed by atoms with van der Waals surface area (Å²) in [6, 6.07) is 0.0162. The van der Waals surface area contributed by atoms with Crippen molar-refractivity contribution in [2.75, 3.05) is 12.0 Å². The van der Waals surface area contributed by atoms with Gasteiger partial charge in [-0.15, -0.1) is 0 Å². The maximum Gasteiger partial charge on any atom is 0.183 e. The Morgan fingerprint density at radius 1 is 1.80 bits per heavy atom. The van der Waals surface area contributed by atoms with Crippen LogP contribution in [0.3, 0.4) is 0 Å². The Labute approximate surface area is 64.9 Å². The third-order valence-electron chi connectivity index (χ3n) is 1.58. The van der Waals surface area contributed by atoms with Gasteiger partial charge in [-0.2, -0.15) is 11.8 Å². The molecular formula is C6H13NO2S. The van der Waals surface area contributed by atoms with Crippen LogP contribution in [-0.4, -0.2) is 35.6 Å². The molecule has 0 aliphatic carbocycles. The molecule has 0 saturated carbocycles.